The summed E-state index contributed by atoms with van der Waals surface area (Å²) in [7, 11) is 0. The van der Waals surface area contributed by atoms with Crippen molar-refractivity contribution in [2.24, 2.45) is 0 Å². The Labute approximate surface area is 185 Å². The van der Waals surface area contributed by atoms with Gasteiger partial charge in [-0.2, -0.15) is 0 Å². The maximum absolute atomic E-state index is 11.5. The summed E-state index contributed by atoms with van der Waals surface area (Å²) in [5.74, 6) is 0.465. The molecule has 32 heavy (non-hydrogen) atoms. The van der Waals surface area contributed by atoms with Crippen molar-refractivity contribution in [2.75, 3.05) is 0 Å². The Morgan fingerprint density at radius 2 is 1.56 bits per heavy atom. The van der Waals surface area contributed by atoms with E-state index >= 15 is 0 Å². The summed E-state index contributed by atoms with van der Waals surface area (Å²) >= 11 is 0. The zero-order valence-electron chi connectivity index (χ0n) is 17.2. The molecule has 5 rings (SSSR count). The number of nitrogens with one attached hydrogen (secondary N) is 1. The van der Waals surface area contributed by atoms with E-state index in [4.69, 9.17) is 4.74 Å². The van der Waals surface area contributed by atoms with Crippen molar-refractivity contribution in [3.63, 3.8) is 0 Å². The third-order valence-electron chi connectivity index (χ3n) is 5.32. The molecular weight excluding hydrogens is 400 g/mol. The van der Waals surface area contributed by atoms with Crippen molar-refractivity contribution in [1.29, 1.82) is 0 Å². The number of nitrogens with zero attached hydrogens (tertiary/aromatic N) is 1. The second-order valence-corrected chi connectivity index (χ2v) is 7.47. The molecule has 5 nitrogen and oxygen atoms in total. The topological polar surface area (TPSA) is 75.2 Å². The number of hydrogen-bond donors (Lipinski definition) is 2. The monoisotopic (exact) mass is 420 g/mol. The lowest BCUT2D eigenvalue weighted by Gasteiger charge is -2.09. The lowest BCUT2D eigenvalue weighted by atomic mass is 10.0. The highest BCUT2D eigenvalue weighted by atomic mass is 16.5. The van der Waals surface area contributed by atoms with Crippen molar-refractivity contribution >= 4 is 17.0 Å². The van der Waals surface area contributed by atoms with E-state index in [1.54, 1.807) is 12.1 Å². The third kappa shape index (κ3) is 3.96. The number of hydrogen-bond acceptors (Lipinski definition) is 3. The molecule has 0 aliphatic rings. The molecule has 1 heterocycles. The number of fused-ring (bicyclic) bond motifs is 1. The fourth-order valence-electron chi connectivity index (χ4n) is 3.67. The summed E-state index contributed by atoms with van der Waals surface area (Å²) in [5, 5.41) is 9.39. The van der Waals surface area contributed by atoms with Crippen LogP contribution in [-0.2, 0) is 6.61 Å². The Balaban J connectivity index is 1.38. The van der Waals surface area contributed by atoms with Crippen LogP contribution in [0, 0.1) is 0 Å². The average molecular weight is 420 g/mol. The molecule has 5 aromatic rings. The van der Waals surface area contributed by atoms with E-state index in [9.17, 15) is 9.90 Å². The highest BCUT2D eigenvalue weighted by Crippen LogP contribution is 2.28. The second-order valence-electron chi connectivity index (χ2n) is 7.47. The molecule has 0 bridgehead atoms. The fraction of sp³-hybridized carbons (Fsp3) is 0.0370. The number of para-hydroxylation sites is 1. The molecule has 1 aromatic heterocycles. The standard InChI is InChI=1S/C27H20N2O3/c30-27(31)23-10-5-11-24-25(23)29-26(28-24)20-14-12-19(13-15-20)21-8-4-9-22(16-21)32-17-18-6-2-1-3-7-18/h1-16H,17H2,(H,28,29)(H,30,31). The van der Waals surface area contributed by atoms with Crippen LogP contribution >= 0.6 is 0 Å². The Morgan fingerprint density at radius 3 is 2.34 bits per heavy atom. The number of aromatic nitrogens is 2. The van der Waals surface area contributed by atoms with Crippen LogP contribution in [0.4, 0.5) is 0 Å². The molecule has 0 radical (unpaired) electrons. The molecular formula is C27H20N2O3. The molecule has 2 N–H and O–H groups in total. The van der Waals surface area contributed by atoms with E-state index in [-0.39, 0.29) is 5.56 Å². The van der Waals surface area contributed by atoms with Gasteiger partial charge in [0.05, 0.1) is 11.1 Å². The molecule has 0 saturated carbocycles. The SMILES string of the molecule is O=C(O)c1cccc2[nH]c(-c3ccc(-c4cccc(OCc5ccccc5)c4)cc3)nc12. The van der Waals surface area contributed by atoms with Gasteiger partial charge in [-0.15, -0.1) is 0 Å². The second kappa shape index (κ2) is 8.40. The van der Waals surface area contributed by atoms with Gasteiger partial charge in [-0.3, -0.25) is 0 Å². The Kier molecular flexibility index (Phi) is 5.14. The summed E-state index contributed by atoms with van der Waals surface area (Å²) in [5.41, 5.74) is 5.47. The summed E-state index contributed by atoms with van der Waals surface area (Å²) in [6, 6.07) is 31.2. The molecule has 0 saturated heterocycles. The van der Waals surface area contributed by atoms with Crippen molar-refractivity contribution in [2.45, 2.75) is 6.61 Å². The van der Waals surface area contributed by atoms with Crippen molar-refractivity contribution in [1.82, 2.24) is 9.97 Å². The third-order valence-corrected chi connectivity index (χ3v) is 5.32. The number of benzene rings is 4. The van der Waals surface area contributed by atoms with E-state index in [0.29, 0.717) is 23.5 Å². The van der Waals surface area contributed by atoms with Crippen molar-refractivity contribution in [3.05, 3.63) is 108 Å². The lowest BCUT2D eigenvalue weighted by molar-refractivity contribution is 0.0699. The lowest BCUT2D eigenvalue weighted by Crippen LogP contribution is -1.96. The molecule has 0 aliphatic carbocycles. The van der Waals surface area contributed by atoms with Crippen LogP contribution in [0.25, 0.3) is 33.5 Å². The predicted octanol–water partition coefficient (Wildman–Crippen LogP) is 6.17. The Hall–Kier alpha value is -4.38. The molecule has 0 amide bonds. The predicted molar refractivity (Wildman–Crippen MR) is 125 cm³/mol. The maximum atomic E-state index is 11.5. The van der Waals surface area contributed by atoms with Gasteiger partial charge in [0, 0.05) is 5.56 Å². The van der Waals surface area contributed by atoms with Gasteiger partial charge in [0.25, 0.3) is 0 Å². The number of carboxylic acid groups (broad SMARTS) is 1. The van der Waals surface area contributed by atoms with Gasteiger partial charge in [0.1, 0.15) is 23.7 Å². The van der Waals surface area contributed by atoms with Gasteiger partial charge in [0.2, 0.25) is 0 Å². The minimum Gasteiger partial charge on any atom is -0.489 e. The first-order chi connectivity index (χ1) is 15.7. The quantitative estimate of drug-likeness (QED) is 0.344. The molecule has 0 atom stereocenters. The highest BCUT2D eigenvalue weighted by Gasteiger charge is 2.13. The number of carbonyl (C=O) groups is 1. The Morgan fingerprint density at radius 1 is 0.812 bits per heavy atom. The summed E-state index contributed by atoms with van der Waals surface area (Å²) in [6.07, 6.45) is 0. The smallest absolute Gasteiger partial charge is 0.337 e. The molecule has 0 unspecified atom stereocenters. The molecule has 0 spiro atoms. The van der Waals surface area contributed by atoms with E-state index in [1.807, 2.05) is 84.9 Å². The van der Waals surface area contributed by atoms with E-state index in [2.05, 4.69) is 9.97 Å². The first kappa shape index (κ1) is 19.6. The van der Waals surface area contributed by atoms with Gasteiger partial charge in [-0.05, 0) is 41.0 Å². The first-order valence-corrected chi connectivity index (χ1v) is 10.3. The van der Waals surface area contributed by atoms with Crippen LogP contribution in [0.2, 0.25) is 0 Å². The fourth-order valence-corrected chi connectivity index (χ4v) is 3.67. The van der Waals surface area contributed by atoms with E-state index in [0.717, 1.165) is 28.0 Å². The van der Waals surface area contributed by atoms with E-state index in [1.165, 1.54) is 0 Å². The average Bonchev–Trinajstić information content (AvgIpc) is 3.28. The van der Waals surface area contributed by atoms with Gasteiger partial charge in [-0.1, -0.05) is 72.8 Å². The minimum absolute atomic E-state index is 0.189. The highest BCUT2D eigenvalue weighted by molar-refractivity contribution is 6.01. The van der Waals surface area contributed by atoms with Gasteiger partial charge in [0.15, 0.2) is 0 Å². The van der Waals surface area contributed by atoms with Crippen LogP contribution < -0.4 is 4.74 Å². The van der Waals surface area contributed by atoms with Gasteiger partial charge in [-0.25, -0.2) is 9.78 Å². The first-order valence-electron chi connectivity index (χ1n) is 10.3. The normalized spacial score (nSPS) is 10.9. The number of ether oxygens (including phenoxy) is 1. The number of rotatable bonds is 6. The zero-order chi connectivity index (χ0) is 21.9. The van der Waals surface area contributed by atoms with Crippen molar-refractivity contribution < 1.29 is 14.6 Å². The van der Waals surface area contributed by atoms with E-state index < -0.39 is 5.97 Å². The molecule has 0 aliphatic heterocycles. The number of H-pyrrole nitrogens is 1. The van der Waals surface area contributed by atoms with Gasteiger partial charge >= 0.3 is 5.97 Å². The van der Waals surface area contributed by atoms with Crippen LogP contribution in [-0.4, -0.2) is 21.0 Å². The molecule has 156 valence electrons. The minimum atomic E-state index is -0.988. The molecule has 4 aromatic carbocycles. The Bertz CT molecular complexity index is 1390. The molecule has 5 heteroatoms. The van der Waals surface area contributed by atoms with Crippen LogP contribution in [0.3, 0.4) is 0 Å². The summed E-state index contributed by atoms with van der Waals surface area (Å²) < 4.78 is 5.95. The number of aromatic carboxylic acids is 1. The largest absolute Gasteiger partial charge is 0.489 e. The summed E-state index contributed by atoms with van der Waals surface area (Å²) in [6.45, 7) is 0.521. The number of carboxylic acids is 1. The maximum Gasteiger partial charge on any atom is 0.337 e. The zero-order valence-corrected chi connectivity index (χ0v) is 17.2. The number of imidazole rings is 1. The van der Waals surface area contributed by atoms with Gasteiger partial charge < -0.3 is 14.8 Å². The van der Waals surface area contributed by atoms with Crippen LogP contribution in [0.1, 0.15) is 15.9 Å². The van der Waals surface area contributed by atoms with Crippen LogP contribution in [0.15, 0.2) is 97.1 Å². The number of aromatic amines is 1. The van der Waals surface area contributed by atoms with Crippen LogP contribution in [0.5, 0.6) is 5.75 Å². The molecule has 0 fully saturated rings. The summed E-state index contributed by atoms with van der Waals surface area (Å²) in [4.78, 5) is 19.2. The van der Waals surface area contributed by atoms with Crippen molar-refractivity contribution in [3.8, 4) is 28.3 Å².